The van der Waals surface area contributed by atoms with Gasteiger partial charge in [0.05, 0.1) is 19.8 Å². The number of hydrogen-bond acceptors (Lipinski definition) is 4. The molecule has 0 bridgehead atoms. The number of ether oxygens (including phenoxy) is 2. The van der Waals surface area contributed by atoms with E-state index in [4.69, 9.17) is 4.74 Å². The van der Waals surface area contributed by atoms with E-state index in [1.807, 2.05) is 6.92 Å². The van der Waals surface area contributed by atoms with Crippen LogP contribution in [0.4, 0.5) is 0 Å². The summed E-state index contributed by atoms with van der Waals surface area (Å²) in [6, 6.07) is 0. The van der Waals surface area contributed by atoms with Crippen LogP contribution in [0.15, 0.2) is 4.99 Å². The number of rotatable bonds is 8. The standard InChI is InChI=1S/C14H27N3O3/c1-3-15-14(17-11-12-7-6-10-20-12)16-9-5-4-8-13(18)19-2/h12H,3-11H2,1-2H3,(H2,15,16,17). The quantitative estimate of drug-likeness (QED) is 0.302. The van der Waals surface area contributed by atoms with Crippen LogP contribution in [0.2, 0.25) is 0 Å². The molecule has 0 saturated carbocycles. The topological polar surface area (TPSA) is 72.0 Å². The fourth-order valence-corrected chi connectivity index (χ4v) is 2.03. The Hall–Kier alpha value is -1.30. The smallest absolute Gasteiger partial charge is 0.305 e. The SMILES string of the molecule is CCNC(=NCC1CCCO1)NCCCCC(=O)OC. The predicted molar refractivity (Wildman–Crippen MR) is 78.8 cm³/mol. The van der Waals surface area contributed by atoms with Gasteiger partial charge in [-0.05, 0) is 32.6 Å². The molecule has 0 aromatic rings. The average Bonchev–Trinajstić information content (AvgIpc) is 2.97. The highest BCUT2D eigenvalue weighted by atomic mass is 16.5. The lowest BCUT2D eigenvalue weighted by Crippen LogP contribution is -2.38. The molecule has 1 aliphatic rings. The Kier molecular flexibility index (Phi) is 8.78. The van der Waals surface area contributed by atoms with E-state index in [9.17, 15) is 4.79 Å². The number of carbonyl (C=O) groups excluding carboxylic acids is 1. The molecule has 1 saturated heterocycles. The van der Waals surface area contributed by atoms with Crippen LogP contribution in [0.5, 0.6) is 0 Å². The van der Waals surface area contributed by atoms with Gasteiger partial charge in [0.2, 0.25) is 0 Å². The molecule has 0 amide bonds. The van der Waals surface area contributed by atoms with Crippen LogP contribution in [-0.2, 0) is 14.3 Å². The Bertz CT molecular complexity index is 302. The van der Waals surface area contributed by atoms with Gasteiger partial charge in [-0.3, -0.25) is 9.79 Å². The zero-order chi connectivity index (χ0) is 14.6. The number of carbonyl (C=O) groups is 1. The van der Waals surface area contributed by atoms with Crippen molar-refractivity contribution in [2.75, 3.05) is 33.4 Å². The third kappa shape index (κ3) is 7.33. The summed E-state index contributed by atoms with van der Waals surface area (Å²) in [5.41, 5.74) is 0. The number of hydrogen-bond donors (Lipinski definition) is 2. The van der Waals surface area contributed by atoms with E-state index < -0.39 is 0 Å². The van der Waals surface area contributed by atoms with Crippen LogP contribution in [0.3, 0.4) is 0 Å². The van der Waals surface area contributed by atoms with Gasteiger partial charge in [-0.15, -0.1) is 0 Å². The molecule has 1 heterocycles. The molecular formula is C14H27N3O3. The fraction of sp³-hybridized carbons (Fsp3) is 0.857. The summed E-state index contributed by atoms with van der Waals surface area (Å²) < 4.78 is 10.2. The Balaban J connectivity index is 2.17. The van der Waals surface area contributed by atoms with E-state index in [0.717, 1.165) is 51.3 Å². The maximum Gasteiger partial charge on any atom is 0.305 e. The first-order chi connectivity index (χ1) is 9.76. The molecule has 20 heavy (non-hydrogen) atoms. The lowest BCUT2D eigenvalue weighted by atomic mass is 10.2. The molecule has 1 rings (SSSR count). The maximum atomic E-state index is 11.0. The Morgan fingerprint density at radius 3 is 2.90 bits per heavy atom. The molecule has 6 nitrogen and oxygen atoms in total. The first kappa shape index (κ1) is 16.8. The van der Waals surface area contributed by atoms with Crippen molar-refractivity contribution in [3.05, 3.63) is 0 Å². The van der Waals surface area contributed by atoms with Gasteiger partial charge in [0.1, 0.15) is 0 Å². The first-order valence-corrected chi connectivity index (χ1v) is 7.46. The van der Waals surface area contributed by atoms with E-state index in [-0.39, 0.29) is 12.1 Å². The summed E-state index contributed by atoms with van der Waals surface area (Å²) in [6.45, 7) is 5.24. The van der Waals surface area contributed by atoms with Crippen molar-refractivity contribution >= 4 is 11.9 Å². The number of nitrogens with zero attached hydrogens (tertiary/aromatic N) is 1. The molecule has 2 N–H and O–H groups in total. The molecule has 1 fully saturated rings. The molecule has 0 aliphatic carbocycles. The van der Waals surface area contributed by atoms with Crippen LogP contribution in [-0.4, -0.2) is 51.4 Å². The predicted octanol–water partition coefficient (Wildman–Crippen LogP) is 1.06. The van der Waals surface area contributed by atoms with Crippen molar-refractivity contribution in [2.45, 2.75) is 45.1 Å². The van der Waals surface area contributed by atoms with Gasteiger partial charge in [-0.1, -0.05) is 0 Å². The second-order valence-corrected chi connectivity index (χ2v) is 4.81. The Labute approximate surface area is 121 Å². The van der Waals surface area contributed by atoms with Gasteiger partial charge in [0.25, 0.3) is 0 Å². The van der Waals surface area contributed by atoms with E-state index >= 15 is 0 Å². The van der Waals surface area contributed by atoms with E-state index in [0.29, 0.717) is 13.0 Å². The molecule has 0 spiro atoms. The number of aliphatic imine (C=N–C) groups is 1. The van der Waals surface area contributed by atoms with Crippen LogP contribution >= 0.6 is 0 Å². The highest BCUT2D eigenvalue weighted by Crippen LogP contribution is 2.11. The molecule has 1 aliphatic heterocycles. The second-order valence-electron chi connectivity index (χ2n) is 4.81. The van der Waals surface area contributed by atoms with Crippen molar-refractivity contribution in [2.24, 2.45) is 4.99 Å². The van der Waals surface area contributed by atoms with Crippen LogP contribution in [0.1, 0.15) is 39.0 Å². The molecule has 6 heteroatoms. The first-order valence-electron chi connectivity index (χ1n) is 7.46. The van der Waals surface area contributed by atoms with Gasteiger partial charge >= 0.3 is 5.97 Å². The zero-order valence-corrected chi connectivity index (χ0v) is 12.6. The summed E-state index contributed by atoms with van der Waals surface area (Å²) in [6.07, 6.45) is 4.72. The number of guanidine groups is 1. The summed E-state index contributed by atoms with van der Waals surface area (Å²) >= 11 is 0. The number of unbranched alkanes of at least 4 members (excludes halogenated alkanes) is 1. The molecular weight excluding hydrogens is 258 g/mol. The summed E-state index contributed by atoms with van der Waals surface area (Å²) in [7, 11) is 1.42. The van der Waals surface area contributed by atoms with Gasteiger partial charge in [-0.25, -0.2) is 0 Å². The van der Waals surface area contributed by atoms with Crippen molar-refractivity contribution in [1.82, 2.24) is 10.6 Å². The van der Waals surface area contributed by atoms with Crippen molar-refractivity contribution in [3.63, 3.8) is 0 Å². The number of nitrogens with one attached hydrogen (secondary N) is 2. The molecule has 116 valence electrons. The van der Waals surface area contributed by atoms with E-state index in [1.165, 1.54) is 7.11 Å². The highest BCUT2D eigenvalue weighted by molar-refractivity contribution is 5.79. The second kappa shape index (κ2) is 10.5. The van der Waals surface area contributed by atoms with Gasteiger partial charge < -0.3 is 20.1 Å². The van der Waals surface area contributed by atoms with Crippen LogP contribution in [0, 0.1) is 0 Å². The van der Waals surface area contributed by atoms with Gasteiger partial charge in [0, 0.05) is 26.1 Å². The summed E-state index contributed by atoms with van der Waals surface area (Å²) in [5.74, 6) is 0.671. The number of methoxy groups -OCH3 is 1. The molecule has 0 aromatic heterocycles. The molecule has 1 atom stereocenters. The summed E-state index contributed by atoms with van der Waals surface area (Å²) in [4.78, 5) is 15.5. The van der Waals surface area contributed by atoms with Crippen LogP contribution < -0.4 is 10.6 Å². The third-order valence-corrected chi connectivity index (χ3v) is 3.15. The fourth-order valence-electron chi connectivity index (χ4n) is 2.03. The monoisotopic (exact) mass is 285 g/mol. The van der Waals surface area contributed by atoms with Gasteiger partial charge in [-0.2, -0.15) is 0 Å². The van der Waals surface area contributed by atoms with Crippen molar-refractivity contribution < 1.29 is 14.3 Å². The van der Waals surface area contributed by atoms with Gasteiger partial charge in [0.15, 0.2) is 5.96 Å². The minimum absolute atomic E-state index is 0.149. The lowest BCUT2D eigenvalue weighted by Gasteiger charge is -2.12. The number of esters is 1. The van der Waals surface area contributed by atoms with Crippen LogP contribution in [0.25, 0.3) is 0 Å². The van der Waals surface area contributed by atoms with E-state index in [2.05, 4.69) is 20.4 Å². The van der Waals surface area contributed by atoms with E-state index in [1.54, 1.807) is 0 Å². The Morgan fingerprint density at radius 2 is 2.25 bits per heavy atom. The largest absolute Gasteiger partial charge is 0.469 e. The zero-order valence-electron chi connectivity index (χ0n) is 12.6. The third-order valence-electron chi connectivity index (χ3n) is 3.15. The minimum atomic E-state index is -0.149. The average molecular weight is 285 g/mol. The summed E-state index contributed by atoms with van der Waals surface area (Å²) in [5, 5.41) is 6.48. The molecule has 0 radical (unpaired) electrons. The Morgan fingerprint density at radius 1 is 1.40 bits per heavy atom. The maximum absolute atomic E-state index is 11.0. The normalized spacial score (nSPS) is 18.9. The molecule has 1 unspecified atom stereocenters. The minimum Gasteiger partial charge on any atom is -0.469 e. The molecule has 0 aromatic carbocycles. The van der Waals surface area contributed by atoms with Crippen molar-refractivity contribution in [1.29, 1.82) is 0 Å². The lowest BCUT2D eigenvalue weighted by molar-refractivity contribution is -0.140. The highest BCUT2D eigenvalue weighted by Gasteiger charge is 2.14. The van der Waals surface area contributed by atoms with Crippen molar-refractivity contribution in [3.8, 4) is 0 Å².